The van der Waals surface area contributed by atoms with Crippen LogP contribution < -0.4 is 10.6 Å². The number of anilines is 3. The number of pyridine rings is 1. The van der Waals surface area contributed by atoms with Crippen molar-refractivity contribution in [3.05, 3.63) is 83.6 Å². The van der Waals surface area contributed by atoms with Crippen molar-refractivity contribution in [2.75, 3.05) is 17.2 Å². The Morgan fingerprint density at radius 1 is 1.03 bits per heavy atom. The number of nitrogens with zero attached hydrogens (tertiary/aromatic N) is 2. The maximum Gasteiger partial charge on any atom is 0.416 e. The predicted octanol–water partition coefficient (Wildman–Crippen LogP) is 4.51. The van der Waals surface area contributed by atoms with Gasteiger partial charge in [0.1, 0.15) is 11.4 Å². The SMILES string of the molecule is N#Cc1ccc(NC(=O)COC(=O)c2cccnc2Nc2cccc(C(F)(F)F)c2)cc1. The summed E-state index contributed by atoms with van der Waals surface area (Å²) in [5.74, 6) is -1.52. The first-order chi connectivity index (χ1) is 15.3. The molecule has 3 aromatic rings. The zero-order chi connectivity index (χ0) is 23.1. The number of rotatable bonds is 6. The van der Waals surface area contributed by atoms with Gasteiger partial charge in [-0.15, -0.1) is 0 Å². The van der Waals surface area contributed by atoms with Crippen LogP contribution in [0, 0.1) is 11.3 Å². The second-order valence-corrected chi connectivity index (χ2v) is 6.42. The summed E-state index contributed by atoms with van der Waals surface area (Å²) in [4.78, 5) is 28.4. The van der Waals surface area contributed by atoms with E-state index in [1.807, 2.05) is 6.07 Å². The molecule has 0 bridgehead atoms. The fraction of sp³-hybridized carbons (Fsp3) is 0.0909. The minimum atomic E-state index is -4.52. The number of benzene rings is 2. The van der Waals surface area contributed by atoms with Crippen molar-refractivity contribution in [3.8, 4) is 6.07 Å². The van der Waals surface area contributed by atoms with Gasteiger partial charge in [-0.25, -0.2) is 9.78 Å². The van der Waals surface area contributed by atoms with Gasteiger partial charge in [0.05, 0.1) is 17.2 Å². The highest BCUT2D eigenvalue weighted by Gasteiger charge is 2.30. The number of alkyl halides is 3. The highest BCUT2D eigenvalue weighted by molar-refractivity contribution is 5.98. The standard InChI is InChI=1S/C22H15F3N4O3/c23-22(24,25)15-3-1-4-17(11-15)29-20-18(5-2-10-27-20)21(31)32-13-19(30)28-16-8-6-14(12-26)7-9-16/h1-11H,13H2,(H,27,29)(H,28,30). The van der Waals surface area contributed by atoms with Crippen LogP contribution in [0.15, 0.2) is 66.9 Å². The van der Waals surface area contributed by atoms with Crippen LogP contribution in [0.25, 0.3) is 0 Å². The zero-order valence-electron chi connectivity index (χ0n) is 16.3. The third kappa shape index (κ3) is 5.82. The molecule has 2 N–H and O–H groups in total. The first-order valence-corrected chi connectivity index (χ1v) is 9.13. The van der Waals surface area contributed by atoms with Crippen molar-refractivity contribution < 1.29 is 27.5 Å². The van der Waals surface area contributed by atoms with Crippen molar-refractivity contribution in [2.45, 2.75) is 6.18 Å². The lowest BCUT2D eigenvalue weighted by Crippen LogP contribution is -2.21. The third-order valence-corrected chi connectivity index (χ3v) is 4.11. The van der Waals surface area contributed by atoms with Crippen LogP contribution in [0.2, 0.25) is 0 Å². The molecule has 0 radical (unpaired) electrons. The second-order valence-electron chi connectivity index (χ2n) is 6.42. The highest BCUT2D eigenvalue weighted by atomic mass is 19.4. The second kappa shape index (κ2) is 9.61. The van der Waals surface area contributed by atoms with E-state index >= 15 is 0 Å². The molecule has 10 heteroatoms. The predicted molar refractivity (Wildman–Crippen MR) is 109 cm³/mol. The number of nitriles is 1. The van der Waals surface area contributed by atoms with Crippen molar-refractivity contribution in [1.29, 1.82) is 5.26 Å². The first kappa shape index (κ1) is 22.3. The number of aromatic nitrogens is 1. The summed E-state index contributed by atoms with van der Waals surface area (Å²) in [6.07, 6.45) is -3.17. The van der Waals surface area contributed by atoms with Crippen LogP contribution >= 0.6 is 0 Å². The molecular formula is C22H15F3N4O3. The lowest BCUT2D eigenvalue weighted by molar-refractivity contribution is -0.137. The van der Waals surface area contributed by atoms with E-state index in [0.29, 0.717) is 11.3 Å². The minimum Gasteiger partial charge on any atom is -0.452 e. The number of halogens is 3. The average Bonchev–Trinajstić information content (AvgIpc) is 2.78. The fourth-order valence-corrected chi connectivity index (χ4v) is 2.61. The van der Waals surface area contributed by atoms with E-state index < -0.39 is 30.2 Å². The number of esters is 1. The van der Waals surface area contributed by atoms with E-state index in [9.17, 15) is 22.8 Å². The molecule has 7 nitrogen and oxygen atoms in total. The van der Waals surface area contributed by atoms with Gasteiger partial charge in [0.25, 0.3) is 5.91 Å². The summed E-state index contributed by atoms with van der Waals surface area (Å²) in [5.41, 5.74) is -0.00520. The van der Waals surface area contributed by atoms with E-state index in [0.717, 1.165) is 12.1 Å². The van der Waals surface area contributed by atoms with E-state index in [2.05, 4.69) is 15.6 Å². The van der Waals surface area contributed by atoms with Gasteiger partial charge in [0.2, 0.25) is 0 Å². The van der Waals surface area contributed by atoms with Gasteiger partial charge < -0.3 is 15.4 Å². The summed E-state index contributed by atoms with van der Waals surface area (Å²) >= 11 is 0. The molecule has 3 rings (SSSR count). The molecule has 1 heterocycles. The molecule has 0 spiro atoms. The lowest BCUT2D eigenvalue weighted by atomic mass is 10.2. The van der Waals surface area contributed by atoms with Gasteiger partial charge in [0, 0.05) is 17.6 Å². The normalized spacial score (nSPS) is 10.7. The smallest absolute Gasteiger partial charge is 0.416 e. The number of nitrogens with one attached hydrogen (secondary N) is 2. The number of carbonyl (C=O) groups excluding carboxylic acids is 2. The maximum atomic E-state index is 12.9. The molecule has 0 fully saturated rings. The summed E-state index contributed by atoms with van der Waals surface area (Å²) in [7, 11) is 0. The van der Waals surface area contributed by atoms with Crippen molar-refractivity contribution >= 4 is 29.1 Å². The molecule has 1 aromatic heterocycles. The highest BCUT2D eigenvalue weighted by Crippen LogP contribution is 2.31. The quantitative estimate of drug-likeness (QED) is 0.547. The number of ether oxygens (including phenoxy) is 1. The van der Waals surface area contributed by atoms with Crippen molar-refractivity contribution in [2.24, 2.45) is 0 Å². The third-order valence-electron chi connectivity index (χ3n) is 4.11. The number of hydrogen-bond donors (Lipinski definition) is 2. The molecule has 32 heavy (non-hydrogen) atoms. The van der Waals surface area contributed by atoms with Gasteiger partial charge in [-0.3, -0.25) is 4.79 Å². The first-order valence-electron chi connectivity index (χ1n) is 9.13. The van der Waals surface area contributed by atoms with Gasteiger partial charge in [-0.1, -0.05) is 6.07 Å². The Kier molecular flexibility index (Phi) is 6.70. The molecule has 162 valence electrons. The van der Waals surface area contributed by atoms with Gasteiger partial charge in [-0.05, 0) is 54.6 Å². The lowest BCUT2D eigenvalue weighted by Gasteiger charge is -2.13. The van der Waals surface area contributed by atoms with E-state index in [4.69, 9.17) is 10.00 Å². The molecule has 2 aromatic carbocycles. The van der Waals surface area contributed by atoms with Crippen molar-refractivity contribution in [1.82, 2.24) is 4.98 Å². The molecule has 0 saturated carbocycles. The van der Waals surface area contributed by atoms with Gasteiger partial charge >= 0.3 is 12.1 Å². The molecular weight excluding hydrogens is 425 g/mol. The molecule has 0 aliphatic carbocycles. The van der Waals surface area contributed by atoms with Crippen LogP contribution in [0.5, 0.6) is 0 Å². The molecule has 0 unspecified atom stereocenters. The van der Waals surface area contributed by atoms with Crippen LogP contribution in [0.4, 0.5) is 30.4 Å². The summed E-state index contributed by atoms with van der Waals surface area (Å²) in [6.45, 7) is -0.600. The van der Waals surface area contributed by atoms with E-state index in [1.54, 1.807) is 0 Å². The Morgan fingerprint density at radius 2 is 1.78 bits per heavy atom. The van der Waals surface area contributed by atoms with E-state index in [-0.39, 0.29) is 17.1 Å². The average molecular weight is 440 g/mol. The molecule has 0 atom stereocenters. The Balaban J connectivity index is 1.65. The Hall–Kier alpha value is -4.39. The maximum absolute atomic E-state index is 12.9. The Morgan fingerprint density at radius 3 is 2.47 bits per heavy atom. The number of hydrogen-bond acceptors (Lipinski definition) is 6. The van der Waals surface area contributed by atoms with Gasteiger partial charge in [-0.2, -0.15) is 18.4 Å². The monoisotopic (exact) mass is 440 g/mol. The molecule has 1 amide bonds. The fourth-order valence-electron chi connectivity index (χ4n) is 2.61. The zero-order valence-corrected chi connectivity index (χ0v) is 16.3. The molecule has 0 aliphatic rings. The van der Waals surface area contributed by atoms with Crippen molar-refractivity contribution in [3.63, 3.8) is 0 Å². The van der Waals surface area contributed by atoms with Crippen LogP contribution in [-0.4, -0.2) is 23.5 Å². The van der Waals surface area contributed by atoms with Crippen LogP contribution in [0.1, 0.15) is 21.5 Å². The Bertz CT molecular complexity index is 1170. The summed E-state index contributed by atoms with van der Waals surface area (Å²) < 4.78 is 43.7. The van der Waals surface area contributed by atoms with Gasteiger partial charge in [0.15, 0.2) is 6.61 Å². The largest absolute Gasteiger partial charge is 0.452 e. The van der Waals surface area contributed by atoms with Crippen LogP contribution in [0.3, 0.4) is 0 Å². The minimum absolute atomic E-state index is 0.0238. The summed E-state index contributed by atoms with van der Waals surface area (Å²) in [6, 6.07) is 15.3. The molecule has 0 aliphatic heterocycles. The number of carbonyl (C=O) groups is 2. The topological polar surface area (TPSA) is 104 Å². The summed E-state index contributed by atoms with van der Waals surface area (Å²) in [5, 5.41) is 14.0. The van der Waals surface area contributed by atoms with E-state index in [1.165, 1.54) is 54.7 Å². The number of amides is 1. The Labute approximate surface area is 180 Å². The molecule has 0 saturated heterocycles. The van der Waals surface area contributed by atoms with Crippen LogP contribution in [-0.2, 0) is 15.7 Å².